The number of ether oxygens (including phenoxy) is 4. The van der Waals surface area contributed by atoms with E-state index in [0.29, 0.717) is 18.4 Å². The summed E-state index contributed by atoms with van der Waals surface area (Å²) < 4.78 is 21.7. The number of fused-ring (bicyclic) bond motifs is 1. The Morgan fingerprint density at radius 1 is 1.11 bits per heavy atom. The summed E-state index contributed by atoms with van der Waals surface area (Å²) in [7, 11) is 4.35. The minimum atomic E-state index is -0.738. The SMILES string of the molecule is COc1cc(C2CC(=O)c3c(cc(O)c(C/C=C(\C)CCC(O)C(C)(C)OC)c3O)O2)cc(OC)c1O. The van der Waals surface area contributed by atoms with E-state index in [2.05, 4.69) is 0 Å². The fourth-order valence-electron chi connectivity index (χ4n) is 4.21. The van der Waals surface area contributed by atoms with Crippen LogP contribution in [0.5, 0.6) is 34.5 Å². The van der Waals surface area contributed by atoms with Gasteiger partial charge in [0.15, 0.2) is 17.3 Å². The molecule has 9 heteroatoms. The van der Waals surface area contributed by atoms with Crippen molar-refractivity contribution in [3.8, 4) is 34.5 Å². The number of hydrogen-bond donors (Lipinski definition) is 4. The first-order valence-electron chi connectivity index (χ1n) is 12.0. The summed E-state index contributed by atoms with van der Waals surface area (Å²) >= 11 is 0. The molecule has 202 valence electrons. The number of rotatable bonds is 10. The third kappa shape index (κ3) is 5.94. The van der Waals surface area contributed by atoms with Crippen molar-refractivity contribution in [1.29, 1.82) is 0 Å². The minimum absolute atomic E-state index is 0.0186. The largest absolute Gasteiger partial charge is 0.507 e. The van der Waals surface area contributed by atoms with Crippen molar-refractivity contribution < 1.29 is 44.2 Å². The summed E-state index contributed by atoms with van der Waals surface area (Å²) in [5, 5.41) is 42.0. The lowest BCUT2D eigenvalue weighted by Gasteiger charge is -2.29. The van der Waals surface area contributed by atoms with Gasteiger partial charge >= 0.3 is 0 Å². The molecule has 0 amide bonds. The van der Waals surface area contributed by atoms with E-state index in [0.717, 1.165) is 5.57 Å². The molecule has 0 radical (unpaired) electrons. The molecule has 0 saturated heterocycles. The molecule has 0 bridgehead atoms. The van der Waals surface area contributed by atoms with E-state index in [1.807, 2.05) is 26.8 Å². The second-order valence-electron chi connectivity index (χ2n) is 9.72. The van der Waals surface area contributed by atoms with E-state index in [1.54, 1.807) is 19.2 Å². The van der Waals surface area contributed by atoms with E-state index in [9.17, 15) is 25.2 Å². The molecular weight excluding hydrogens is 480 g/mol. The average Bonchev–Trinajstić information content (AvgIpc) is 2.86. The predicted molar refractivity (Wildman–Crippen MR) is 137 cm³/mol. The van der Waals surface area contributed by atoms with Crippen LogP contribution in [0.3, 0.4) is 0 Å². The monoisotopic (exact) mass is 516 g/mol. The van der Waals surface area contributed by atoms with Crippen LogP contribution >= 0.6 is 0 Å². The first-order valence-corrected chi connectivity index (χ1v) is 12.0. The normalized spacial score (nSPS) is 16.7. The van der Waals surface area contributed by atoms with E-state index in [-0.39, 0.29) is 64.2 Å². The van der Waals surface area contributed by atoms with Crippen molar-refractivity contribution >= 4 is 5.78 Å². The highest BCUT2D eigenvalue weighted by Gasteiger charge is 2.33. The third-order valence-electron chi connectivity index (χ3n) is 6.93. The second kappa shape index (κ2) is 11.3. The molecule has 1 heterocycles. The fourth-order valence-corrected chi connectivity index (χ4v) is 4.21. The summed E-state index contributed by atoms with van der Waals surface area (Å²) in [5.41, 5.74) is 1.07. The van der Waals surface area contributed by atoms with Crippen LogP contribution < -0.4 is 14.2 Å². The number of carbonyl (C=O) groups excluding carboxylic acids is 1. The summed E-state index contributed by atoms with van der Waals surface area (Å²) in [4.78, 5) is 13.1. The van der Waals surface area contributed by atoms with Gasteiger partial charge in [-0.2, -0.15) is 0 Å². The van der Waals surface area contributed by atoms with Crippen molar-refractivity contribution in [2.75, 3.05) is 21.3 Å². The minimum Gasteiger partial charge on any atom is -0.507 e. The van der Waals surface area contributed by atoms with Crippen LogP contribution in [-0.4, -0.2) is 59.2 Å². The van der Waals surface area contributed by atoms with Crippen molar-refractivity contribution in [1.82, 2.24) is 0 Å². The molecular formula is C28H36O9. The number of phenols is 3. The molecule has 9 nitrogen and oxygen atoms in total. The lowest BCUT2D eigenvalue weighted by molar-refractivity contribution is -0.0797. The van der Waals surface area contributed by atoms with Crippen LogP contribution in [0, 0.1) is 0 Å². The van der Waals surface area contributed by atoms with Gasteiger partial charge in [0.2, 0.25) is 5.75 Å². The first kappa shape index (κ1) is 28.1. The van der Waals surface area contributed by atoms with Crippen molar-refractivity contribution in [2.45, 2.75) is 64.3 Å². The Hall–Kier alpha value is -3.43. The van der Waals surface area contributed by atoms with E-state index in [1.165, 1.54) is 20.3 Å². The fraction of sp³-hybridized carbons (Fsp3) is 0.464. The number of Topliss-reactive ketones (excluding diaryl/α,β-unsaturated/α-hetero) is 1. The van der Waals surface area contributed by atoms with Crippen LogP contribution in [0.1, 0.15) is 67.6 Å². The van der Waals surface area contributed by atoms with E-state index in [4.69, 9.17) is 18.9 Å². The topological polar surface area (TPSA) is 135 Å². The molecule has 1 aliphatic rings. The van der Waals surface area contributed by atoms with Crippen LogP contribution in [0.2, 0.25) is 0 Å². The van der Waals surface area contributed by atoms with Gasteiger partial charge in [-0.3, -0.25) is 4.79 Å². The molecule has 1 aliphatic heterocycles. The van der Waals surface area contributed by atoms with Gasteiger partial charge in [-0.15, -0.1) is 0 Å². The molecule has 2 unspecified atom stereocenters. The van der Waals surface area contributed by atoms with Crippen molar-refractivity contribution in [3.63, 3.8) is 0 Å². The molecule has 0 aromatic heterocycles. The Labute approximate surface area is 216 Å². The molecule has 0 saturated carbocycles. The standard InChI is InChI=1S/C28H36O9/c1-15(8-10-24(31)28(2,3)36-6)7-9-17-18(29)13-21-25(26(17)32)19(30)14-20(37-21)16-11-22(34-4)27(33)23(12-16)35-5/h7,11-13,20,24,29,31-33H,8-10,14H2,1-6H3/b15-7+. The van der Waals surface area contributed by atoms with Crippen LogP contribution in [-0.2, 0) is 11.2 Å². The maximum absolute atomic E-state index is 13.1. The quantitative estimate of drug-likeness (QED) is 0.335. The van der Waals surface area contributed by atoms with E-state index >= 15 is 0 Å². The zero-order valence-corrected chi connectivity index (χ0v) is 22.1. The van der Waals surface area contributed by atoms with Gasteiger partial charge < -0.3 is 39.4 Å². The van der Waals surface area contributed by atoms with Gasteiger partial charge in [0.1, 0.15) is 28.9 Å². The van der Waals surface area contributed by atoms with Gasteiger partial charge in [0.05, 0.1) is 32.3 Å². The molecule has 3 rings (SSSR count). The predicted octanol–water partition coefficient (Wildman–Crippen LogP) is 4.58. The van der Waals surface area contributed by atoms with Gasteiger partial charge in [0.25, 0.3) is 0 Å². The highest BCUT2D eigenvalue weighted by Crippen LogP contribution is 2.47. The number of ketones is 1. The number of aromatic hydroxyl groups is 3. The Morgan fingerprint density at radius 2 is 1.73 bits per heavy atom. The van der Waals surface area contributed by atoms with Crippen LogP contribution in [0.25, 0.3) is 0 Å². The van der Waals surface area contributed by atoms with Crippen molar-refractivity contribution in [2.24, 2.45) is 0 Å². The number of hydrogen-bond acceptors (Lipinski definition) is 9. The molecule has 37 heavy (non-hydrogen) atoms. The summed E-state index contributed by atoms with van der Waals surface area (Å²) in [5.74, 6) is -0.635. The van der Waals surface area contributed by atoms with Gasteiger partial charge in [-0.25, -0.2) is 0 Å². The second-order valence-corrected chi connectivity index (χ2v) is 9.72. The zero-order valence-electron chi connectivity index (χ0n) is 22.1. The third-order valence-corrected chi connectivity index (χ3v) is 6.93. The molecule has 0 fully saturated rings. The Balaban J connectivity index is 1.82. The lowest BCUT2D eigenvalue weighted by Crippen LogP contribution is -2.37. The molecule has 2 aromatic carbocycles. The Kier molecular flexibility index (Phi) is 8.60. The molecule has 2 aromatic rings. The van der Waals surface area contributed by atoms with Gasteiger partial charge in [0, 0.05) is 24.3 Å². The molecule has 0 aliphatic carbocycles. The number of allylic oxidation sites excluding steroid dienone is 2. The number of aliphatic hydroxyl groups excluding tert-OH is 1. The van der Waals surface area contributed by atoms with Gasteiger partial charge in [-0.05, 0) is 52.2 Å². The number of aliphatic hydroxyl groups is 1. The Morgan fingerprint density at radius 3 is 2.30 bits per heavy atom. The highest BCUT2D eigenvalue weighted by atomic mass is 16.5. The maximum Gasteiger partial charge on any atom is 0.200 e. The number of carbonyl (C=O) groups is 1. The van der Waals surface area contributed by atoms with Gasteiger partial charge in [-0.1, -0.05) is 11.6 Å². The highest BCUT2D eigenvalue weighted by molar-refractivity contribution is 6.03. The summed E-state index contributed by atoms with van der Waals surface area (Å²) in [6.45, 7) is 5.54. The molecule has 0 spiro atoms. The number of benzene rings is 2. The van der Waals surface area contributed by atoms with Crippen LogP contribution in [0.4, 0.5) is 0 Å². The summed E-state index contributed by atoms with van der Waals surface area (Å²) in [6, 6.07) is 4.43. The smallest absolute Gasteiger partial charge is 0.200 e. The number of phenolic OH excluding ortho intramolecular Hbond substituents is 3. The lowest BCUT2D eigenvalue weighted by atomic mass is 9.92. The zero-order chi connectivity index (χ0) is 27.5. The van der Waals surface area contributed by atoms with Crippen molar-refractivity contribution in [3.05, 3.63) is 46.5 Å². The first-order chi connectivity index (χ1) is 17.4. The maximum atomic E-state index is 13.1. The molecule has 4 N–H and O–H groups in total. The number of methoxy groups -OCH3 is 3. The Bertz CT molecular complexity index is 1160. The van der Waals surface area contributed by atoms with E-state index < -0.39 is 17.8 Å². The summed E-state index contributed by atoms with van der Waals surface area (Å²) in [6.07, 6.45) is 1.68. The average molecular weight is 517 g/mol. The van der Waals surface area contributed by atoms with Crippen LogP contribution in [0.15, 0.2) is 29.8 Å². The molecule has 2 atom stereocenters.